The van der Waals surface area contributed by atoms with E-state index in [2.05, 4.69) is 33.8 Å². The van der Waals surface area contributed by atoms with Crippen LogP contribution in [0.25, 0.3) is 0 Å². The molecule has 2 aromatic rings. The first kappa shape index (κ1) is 23.0. The third-order valence-corrected chi connectivity index (χ3v) is 4.70. The molecule has 3 rings (SSSR count). The van der Waals surface area contributed by atoms with Gasteiger partial charge in [0.1, 0.15) is 6.54 Å². The Morgan fingerprint density at radius 3 is 2.69 bits per heavy atom. The zero-order valence-corrected chi connectivity index (χ0v) is 17.4. The van der Waals surface area contributed by atoms with Crippen LogP contribution in [0.2, 0.25) is 0 Å². The molecule has 0 spiro atoms. The summed E-state index contributed by atoms with van der Waals surface area (Å²) in [7, 11) is 0. The third-order valence-electron chi connectivity index (χ3n) is 4.70. The standard InChI is InChI=1S/C22H22F3N5O2/c1-4-5-14-9-18-20(27-10-14)30(12-19(31)28-18)21(32)29-17(8-13(2)3)16-7-6-15(11-26-16)22(23,24)25/h4,6-7,9-11,17H,1-2,5,8,12H2,3H3,(H,28,31)(H,29,32). The van der Waals surface area contributed by atoms with Crippen molar-refractivity contribution >= 4 is 23.4 Å². The summed E-state index contributed by atoms with van der Waals surface area (Å²) < 4.78 is 38.6. The van der Waals surface area contributed by atoms with Gasteiger partial charge in [0.25, 0.3) is 0 Å². The van der Waals surface area contributed by atoms with Crippen LogP contribution in [-0.2, 0) is 17.4 Å². The molecule has 10 heteroatoms. The number of allylic oxidation sites excluding steroid dienone is 1. The van der Waals surface area contributed by atoms with Crippen molar-refractivity contribution in [2.24, 2.45) is 0 Å². The lowest BCUT2D eigenvalue weighted by molar-refractivity contribution is -0.137. The fraction of sp³-hybridized carbons (Fsp3) is 0.273. The zero-order chi connectivity index (χ0) is 23.5. The van der Waals surface area contributed by atoms with Crippen LogP contribution >= 0.6 is 0 Å². The SMILES string of the molecule is C=CCc1cnc2c(c1)NC(=O)CN2C(=O)NC(CC(=C)C)c1ccc(C(F)(F)F)cn1. The van der Waals surface area contributed by atoms with E-state index in [1.165, 1.54) is 11.0 Å². The highest BCUT2D eigenvalue weighted by Crippen LogP contribution is 2.31. The van der Waals surface area contributed by atoms with E-state index in [0.29, 0.717) is 17.7 Å². The number of carbonyl (C=O) groups is 2. The van der Waals surface area contributed by atoms with E-state index < -0.39 is 29.7 Å². The monoisotopic (exact) mass is 445 g/mol. The van der Waals surface area contributed by atoms with Crippen molar-refractivity contribution in [1.82, 2.24) is 15.3 Å². The molecule has 0 saturated carbocycles. The number of anilines is 2. The maximum Gasteiger partial charge on any atom is 0.417 e. The van der Waals surface area contributed by atoms with E-state index in [0.717, 1.165) is 17.8 Å². The molecule has 0 aliphatic carbocycles. The maximum atomic E-state index is 13.0. The first-order chi connectivity index (χ1) is 15.1. The van der Waals surface area contributed by atoms with E-state index in [1.54, 1.807) is 25.3 Å². The van der Waals surface area contributed by atoms with Crippen LogP contribution in [-0.4, -0.2) is 28.5 Å². The van der Waals surface area contributed by atoms with Crippen LogP contribution in [0.3, 0.4) is 0 Å². The van der Waals surface area contributed by atoms with Gasteiger partial charge in [0, 0.05) is 12.4 Å². The summed E-state index contributed by atoms with van der Waals surface area (Å²) in [4.78, 5) is 34.6. The summed E-state index contributed by atoms with van der Waals surface area (Å²) >= 11 is 0. The largest absolute Gasteiger partial charge is 0.417 e. The topological polar surface area (TPSA) is 87.2 Å². The van der Waals surface area contributed by atoms with E-state index in [1.807, 2.05) is 0 Å². The number of nitrogens with zero attached hydrogens (tertiary/aromatic N) is 3. The minimum absolute atomic E-state index is 0.241. The number of hydrogen-bond donors (Lipinski definition) is 2. The minimum Gasteiger partial charge on any atom is -0.329 e. The molecule has 1 aliphatic rings. The van der Waals surface area contributed by atoms with Crippen molar-refractivity contribution in [1.29, 1.82) is 0 Å². The molecule has 0 aromatic carbocycles. The number of alkyl halides is 3. The lowest BCUT2D eigenvalue weighted by Crippen LogP contribution is -2.48. The molecule has 1 unspecified atom stereocenters. The Labute approximate surface area is 183 Å². The van der Waals surface area contributed by atoms with Gasteiger partial charge < -0.3 is 10.6 Å². The molecule has 32 heavy (non-hydrogen) atoms. The summed E-state index contributed by atoms with van der Waals surface area (Å²) in [6.07, 6.45) is 0.281. The summed E-state index contributed by atoms with van der Waals surface area (Å²) in [5.41, 5.74) is 1.25. The lowest BCUT2D eigenvalue weighted by atomic mass is 10.0. The Kier molecular flexibility index (Phi) is 6.61. The second-order valence-corrected chi connectivity index (χ2v) is 7.47. The Morgan fingerprint density at radius 2 is 2.09 bits per heavy atom. The predicted octanol–water partition coefficient (Wildman–Crippen LogP) is 4.40. The molecule has 168 valence electrons. The highest BCUT2D eigenvalue weighted by atomic mass is 19.4. The van der Waals surface area contributed by atoms with E-state index in [9.17, 15) is 22.8 Å². The summed E-state index contributed by atoms with van der Waals surface area (Å²) in [6.45, 7) is 8.95. The summed E-state index contributed by atoms with van der Waals surface area (Å²) in [6, 6.07) is 2.47. The Hall–Kier alpha value is -3.69. The van der Waals surface area contributed by atoms with Gasteiger partial charge in [-0.15, -0.1) is 13.2 Å². The highest BCUT2D eigenvalue weighted by molar-refractivity contribution is 6.08. The average molecular weight is 445 g/mol. The van der Waals surface area contributed by atoms with Crippen molar-refractivity contribution in [3.05, 3.63) is 72.2 Å². The fourth-order valence-corrected chi connectivity index (χ4v) is 3.25. The molecule has 3 heterocycles. The normalized spacial score (nSPS) is 14.2. The molecule has 3 amide bonds. The molecule has 2 aromatic heterocycles. The van der Waals surface area contributed by atoms with Crippen LogP contribution in [0.1, 0.15) is 36.2 Å². The predicted molar refractivity (Wildman–Crippen MR) is 114 cm³/mol. The number of aromatic nitrogens is 2. The van der Waals surface area contributed by atoms with Crippen LogP contribution < -0.4 is 15.5 Å². The van der Waals surface area contributed by atoms with Crippen LogP contribution in [0.15, 0.2) is 55.4 Å². The second kappa shape index (κ2) is 9.21. The molecule has 0 bridgehead atoms. The molecule has 0 fully saturated rings. The molecule has 0 radical (unpaired) electrons. The van der Waals surface area contributed by atoms with Crippen molar-refractivity contribution in [2.75, 3.05) is 16.8 Å². The number of pyridine rings is 2. The van der Waals surface area contributed by atoms with Gasteiger partial charge in [-0.05, 0) is 43.5 Å². The van der Waals surface area contributed by atoms with Crippen LogP contribution in [0, 0.1) is 0 Å². The van der Waals surface area contributed by atoms with Gasteiger partial charge in [0.15, 0.2) is 5.82 Å². The maximum absolute atomic E-state index is 13.0. The number of nitrogens with one attached hydrogen (secondary N) is 2. The summed E-state index contributed by atoms with van der Waals surface area (Å²) in [5, 5.41) is 5.43. The number of urea groups is 1. The Balaban J connectivity index is 1.86. The van der Waals surface area contributed by atoms with Gasteiger partial charge in [0.2, 0.25) is 5.91 Å². The van der Waals surface area contributed by atoms with Gasteiger partial charge >= 0.3 is 12.2 Å². The number of carbonyl (C=O) groups excluding carboxylic acids is 2. The van der Waals surface area contributed by atoms with Gasteiger partial charge in [-0.2, -0.15) is 13.2 Å². The van der Waals surface area contributed by atoms with Crippen LogP contribution in [0.5, 0.6) is 0 Å². The Bertz CT molecular complexity index is 1050. The van der Waals surface area contributed by atoms with Gasteiger partial charge in [-0.1, -0.05) is 11.6 Å². The second-order valence-electron chi connectivity index (χ2n) is 7.47. The number of fused-ring (bicyclic) bond motifs is 1. The van der Waals surface area contributed by atoms with Crippen molar-refractivity contribution in [3.8, 4) is 0 Å². The van der Waals surface area contributed by atoms with Gasteiger partial charge in [-0.25, -0.2) is 9.78 Å². The third kappa shape index (κ3) is 5.32. The first-order valence-electron chi connectivity index (χ1n) is 9.73. The summed E-state index contributed by atoms with van der Waals surface area (Å²) in [5.74, 6) is -0.126. The number of halogens is 3. The molecule has 0 saturated heterocycles. The fourth-order valence-electron chi connectivity index (χ4n) is 3.25. The minimum atomic E-state index is -4.51. The van der Waals surface area contributed by atoms with E-state index in [4.69, 9.17) is 0 Å². The smallest absolute Gasteiger partial charge is 0.329 e. The average Bonchev–Trinajstić information content (AvgIpc) is 2.71. The van der Waals surface area contributed by atoms with Gasteiger partial charge in [-0.3, -0.25) is 14.7 Å². The number of hydrogen-bond acceptors (Lipinski definition) is 4. The van der Waals surface area contributed by atoms with Crippen molar-refractivity contribution in [2.45, 2.75) is 32.0 Å². The first-order valence-corrected chi connectivity index (χ1v) is 9.73. The molecular formula is C22H22F3N5O2. The highest BCUT2D eigenvalue weighted by Gasteiger charge is 2.32. The number of amides is 3. The lowest BCUT2D eigenvalue weighted by Gasteiger charge is -2.30. The van der Waals surface area contributed by atoms with E-state index >= 15 is 0 Å². The van der Waals surface area contributed by atoms with Crippen LogP contribution in [0.4, 0.5) is 29.5 Å². The van der Waals surface area contributed by atoms with Gasteiger partial charge in [0.05, 0.1) is 23.0 Å². The van der Waals surface area contributed by atoms with Crippen molar-refractivity contribution in [3.63, 3.8) is 0 Å². The molecule has 1 aliphatic heterocycles. The molecule has 7 nitrogen and oxygen atoms in total. The zero-order valence-electron chi connectivity index (χ0n) is 17.4. The molecular weight excluding hydrogens is 423 g/mol. The molecule has 2 N–H and O–H groups in total. The van der Waals surface area contributed by atoms with Crippen molar-refractivity contribution < 1.29 is 22.8 Å². The molecule has 1 atom stereocenters. The number of rotatable bonds is 6. The Morgan fingerprint density at radius 1 is 1.34 bits per heavy atom. The quantitative estimate of drug-likeness (QED) is 0.646. The van der Waals surface area contributed by atoms with E-state index in [-0.39, 0.29) is 24.5 Å².